The summed E-state index contributed by atoms with van der Waals surface area (Å²) >= 11 is 10.5. The van der Waals surface area contributed by atoms with Crippen LogP contribution in [-0.4, -0.2) is 28.4 Å². The lowest BCUT2D eigenvalue weighted by Gasteiger charge is -2.23. The van der Waals surface area contributed by atoms with E-state index in [0.29, 0.717) is 42.6 Å². The van der Waals surface area contributed by atoms with Crippen LogP contribution in [0, 0.1) is 4.91 Å². The normalized spacial score (nSPS) is 15.1. The first-order valence-corrected chi connectivity index (χ1v) is 14.1. The molecule has 0 aliphatic carbocycles. The van der Waals surface area contributed by atoms with Crippen molar-refractivity contribution in [1.29, 1.82) is 0 Å². The molecule has 204 valence electrons. The van der Waals surface area contributed by atoms with Gasteiger partial charge < -0.3 is 9.47 Å². The molecule has 1 unspecified atom stereocenters. The smallest absolute Gasteiger partial charge is 0.303 e. The molecule has 7 nitrogen and oxygen atoms in total. The molecule has 0 bridgehead atoms. The molecule has 1 fully saturated rings. The van der Waals surface area contributed by atoms with E-state index in [1.807, 2.05) is 47.4 Å². The molecule has 9 heteroatoms. The molecule has 1 amide bonds. The number of hydrogen-bond donors (Lipinski definition) is 0. The van der Waals surface area contributed by atoms with E-state index in [1.54, 1.807) is 24.5 Å². The second-order valence-electron chi connectivity index (χ2n) is 9.53. The number of halogens is 2. The van der Waals surface area contributed by atoms with Crippen LogP contribution in [0.4, 0.5) is 0 Å². The Labute approximate surface area is 246 Å². The van der Waals surface area contributed by atoms with Gasteiger partial charge in [-0.3, -0.25) is 14.7 Å². The number of hydrogen-bond acceptors (Lipinski definition) is 6. The minimum Gasteiger partial charge on any atom is -0.488 e. The fourth-order valence-corrected chi connectivity index (χ4v) is 5.70. The molecule has 0 radical (unpaired) electrons. The van der Waals surface area contributed by atoms with Gasteiger partial charge in [-0.05, 0) is 58.6 Å². The highest BCUT2D eigenvalue weighted by atomic mass is 79.9. The van der Waals surface area contributed by atoms with E-state index in [9.17, 15) is 9.70 Å². The number of aromatic nitrogens is 1. The standard InChI is InChI=1S/C31H27BrClN3O4/c32-30-23(10-4-11-25(30)22-8-2-1-3-9-22)20-40-29-16-28(39-19-21-7-5-13-34-17-21)24(15-26(29)33)18-36-14-6-12-27(36)31(37)35-38/h1-5,7-11,13,15-17,27H,6,12,14,18-20H2. The van der Waals surface area contributed by atoms with Crippen LogP contribution in [0.5, 0.6) is 11.5 Å². The summed E-state index contributed by atoms with van der Waals surface area (Å²) in [4.78, 5) is 29.1. The molecule has 1 aliphatic rings. The number of ether oxygens (including phenoxy) is 2. The predicted octanol–water partition coefficient (Wildman–Crippen LogP) is 7.58. The van der Waals surface area contributed by atoms with Gasteiger partial charge in [0.15, 0.2) is 0 Å². The van der Waals surface area contributed by atoms with Gasteiger partial charge in [0.2, 0.25) is 0 Å². The maximum Gasteiger partial charge on any atom is 0.303 e. The molecule has 5 rings (SSSR count). The molecule has 0 N–H and O–H groups in total. The highest BCUT2D eigenvalue weighted by Gasteiger charge is 2.32. The lowest BCUT2D eigenvalue weighted by atomic mass is 10.0. The topological polar surface area (TPSA) is 81.1 Å². The van der Waals surface area contributed by atoms with Gasteiger partial charge in [-0.1, -0.05) is 66.2 Å². The molecular weight excluding hydrogens is 594 g/mol. The third-order valence-corrected chi connectivity index (χ3v) is 8.12. The SMILES string of the molecule is O=NC(=O)C1CCCN1Cc1cc(Cl)c(OCc2cccc(-c3ccccc3)c2Br)cc1OCc1cccnc1. The van der Waals surface area contributed by atoms with Gasteiger partial charge in [-0.2, -0.15) is 0 Å². The van der Waals surface area contributed by atoms with Crippen molar-refractivity contribution >= 4 is 33.4 Å². The minimum atomic E-state index is -0.648. The first-order valence-electron chi connectivity index (χ1n) is 12.9. The van der Waals surface area contributed by atoms with Crippen molar-refractivity contribution in [3.63, 3.8) is 0 Å². The van der Waals surface area contributed by atoms with E-state index >= 15 is 0 Å². The zero-order chi connectivity index (χ0) is 27.9. The quantitative estimate of drug-likeness (QED) is 0.170. The Morgan fingerprint density at radius 2 is 1.82 bits per heavy atom. The van der Waals surface area contributed by atoms with Gasteiger partial charge in [0.25, 0.3) is 0 Å². The number of likely N-dealkylation sites (tertiary alicyclic amines) is 1. The lowest BCUT2D eigenvalue weighted by molar-refractivity contribution is -0.122. The number of pyridine rings is 1. The number of carbonyl (C=O) groups excluding carboxylic acids is 1. The second kappa shape index (κ2) is 13.2. The van der Waals surface area contributed by atoms with E-state index < -0.39 is 11.9 Å². The van der Waals surface area contributed by atoms with Crippen LogP contribution in [0.2, 0.25) is 5.02 Å². The molecule has 1 saturated heterocycles. The molecular formula is C31H27BrClN3O4. The van der Waals surface area contributed by atoms with Crippen LogP contribution in [0.3, 0.4) is 0 Å². The third-order valence-electron chi connectivity index (χ3n) is 6.89. The third kappa shape index (κ3) is 6.58. The molecule has 1 aliphatic heterocycles. The Balaban J connectivity index is 1.39. The number of benzene rings is 3. The second-order valence-corrected chi connectivity index (χ2v) is 10.7. The van der Waals surface area contributed by atoms with Crippen molar-refractivity contribution < 1.29 is 14.3 Å². The van der Waals surface area contributed by atoms with Crippen LogP contribution in [0.15, 0.2) is 94.8 Å². The van der Waals surface area contributed by atoms with Gasteiger partial charge in [0, 0.05) is 51.3 Å². The molecule has 1 aromatic heterocycles. The van der Waals surface area contributed by atoms with E-state index in [4.69, 9.17) is 21.1 Å². The van der Waals surface area contributed by atoms with E-state index in [-0.39, 0.29) is 6.61 Å². The Hall–Kier alpha value is -3.59. The van der Waals surface area contributed by atoms with Gasteiger partial charge in [0.05, 0.1) is 11.1 Å². The molecule has 0 spiro atoms. The Morgan fingerprint density at radius 3 is 2.60 bits per heavy atom. The summed E-state index contributed by atoms with van der Waals surface area (Å²) in [6.45, 7) is 1.65. The number of carbonyl (C=O) groups is 1. The highest BCUT2D eigenvalue weighted by molar-refractivity contribution is 9.10. The highest BCUT2D eigenvalue weighted by Crippen LogP contribution is 2.37. The summed E-state index contributed by atoms with van der Waals surface area (Å²) < 4.78 is 13.4. The zero-order valence-corrected chi connectivity index (χ0v) is 24.0. The average Bonchev–Trinajstić information content (AvgIpc) is 3.45. The summed E-state index contributed by atoms with van der Waals surface area (Å²) in [7, 11) is 0. The van der Waals surface area contributed by atoms with Gasteiger partial charge in [-0.25, -0.2) is 0 Å². The van der Waals surface area contributed by atoms with E-state index in [1.165, 1.54) is 0 Å². The molecule has 2 heterocycles. The first kappa shape index (κ1) is 28.0. The summed E-state index contributed by atoms with van der Waals surface area (Å²) in [5.74, 6) is 0.412. The number of nitrogens with zero attached hydrogens (tertiary/aromatic N) is 3. The van der Waals surface area contributed by atoms with Crippen LogP contribution in [0.25, 0.3) is 11.1 Å². The first-order chi connectivity index (χ1) is 19.5. The molecule has 4 aromatic rings. The Bertz CT molecular complexity index is 1490. The summed E-state index contributed by atoms with van der Waals surface area (Å²) in [6.07, 6.45) is 4.86. The van der Waals surface area contributed by atoms with Crippen molar-refractivity contribution in [2.24, 2.45) is 5.18 Å². The van der Waals surface area contributed by atoms with Crippen molar-refractivity contribution in [3.05, 3.63) is 116 Å². The fourth-order valence-electron chi connectivity index (χ4n) is 4.85. The monoisotopic (exact) mass is 619 g/mol. The van der Waals surface area contributed by atoms with Crippen LogP contribution in [-0.2, 0) is 24.6 Å². The fraction of sp³-hybridized carbons (Fsp3) is 0.226. The summed E-state index contributed by atoms with van der Waals surface area (Å²) in [6, 6.07) is 23.0. The van der Waals surface area contributed by atoms with Crippen molar-refractivity contribution in [2.75, 3.05) is 6.54 Å². The van der Waals surface area contributed by atoms with Crippen LogP contribution in [0.1, 0.15) is 29.5 Å². The lowest BCUT2D eigenvalue weighted by Crippen LogP contribution is -2.34. The number of rotatable bonds is 10. The zero-order valence-electron chi connectivity index (χ0n) is 21.6. The van der Waals surface area contributed by atoms with Gasteiger partial charge in [0.1, 0.15) is 24.7 Å². The van der Waals surface area contributed by atoms with Crippen LogP contribution >= 0.6 is 27.5 Å². The summed E-state index contributed by atoms with van der Waals surface area (Å²) in [5, 5.41) is 3.09. The van der Waals surface area contributed by atoms with Gasteiger partial charge in [-0.15, -0.1) is 4.91 Å². The Kier molecular flexibility index (Phi) is 9.21. The molecule has 40 heavy (non-hydrogen) atoms. The van der Waals surface area contributed by atoms with Crippen molar-refractivity contribution in [2.45, 2.75) is 38.6 Å². The Morgan fingerprint density at radius 1 is 1.00 bits per heavy atom. The van der Waals surface area contributed by atoms with Crippen LogP contribution < -0.4 is 9.47 Å². The summed E-state index contributed by atoms with van der Waals surface area (Å²) in [5.41, 5.74) is 4.85. The maximum atomic E-state index is 12.1. The van der Waals surface area contributed by atoms with E-state index in [0.717, 1.165) is 38.7 Å². The largest absolute Gasteiger partial charge is 0.488 e. The average molecular weight is 621 g/mol. The maximum absolute atomic E-state index is 12.1. The molecule has 1 atom stereocenters. The number of nitroso groups, excluding NO2 is 1. The van der Waals surface area contributed by atoms with Gasteiger partial charge >= 0.3 is 5.91 Å². The van der Waals surface area contributed by atoms with E-state index in [2.05, 4.69) is 44.3 Å². The predicted molar refractivity (Wildman–Crippen MR) is 158 cm³/mol. The number of amides is 1. The molecule has 3 aromatic carbocycles. The molecule has 0 saturated carbocycles. The van der Waals surface area contributed by atoms with Crippen molar-refractivity contribution in [1.82, 2.24) is 9.88 Å². The van der Waals surface area contributed by atoms with Crippen molar-refractivity contribution in [3.8, 4) is 22.6 Å². The minimum absolute atomic E-state index is 0.288.